The molecular weight excluding hydrogens is 194 g/mol. The largest absolute Gasteiger partial charge is 0.395 e. The van der Waals surface area contributed by atoms with Crippen molar-refractivity contribution in [3.05, 3.63) is 0 Å². The van der Waals surface area contributed by atoms with E-state index in [4.69, 9.17) is 9.84 Å². The van der Waals surface area contributed by atoms with Gasteiger partial charge in [-0.1, -0.05) is 0 Å². The fourth-order valence-electron chi connectivity index (χ4n) is 1.36. The maximum absolute atomic E-state index is 11.5. The molecular formula is C7H15NO4S. The zero-order chi connectivity index (χ0) is 9.90. The fraction of sp³-hybridized carbons (Fsp3) is 1.00. The zero-order valence-corrected chi connectivity index (χ0v) is 8.46. The van der Waals surface area contributed by atoms with Crippen LogP contribution in [-0.4, -0.2) is 56.0 Å². The minimum absolute atomic E-state index is 0.120. The number of hydrogen-bond donors (Lipinski definition) is 1. The summed E-state index contributed by atoms with van der Waals surface area (Å²) in [5.41, 5.74) is 0. The minimum Gasteiger partial charge on any atom is -0.395 e. The van der Waals surface area contributed by atoms with E-state index in [0.29, 0.717) is 19.8 Å². The summed E-state index contributed by atoms with van der Waals surface area (Å²) in [7, 11) is -3.28. The number of sulfonamides is 1. The lowest BCUT2D eigenvalue weighted by Gasteiger charge is -2.31. The summed E-state index contributed by atoms with van der Waals surface area (Å²) in [6, 6.07) is -0.120. The van der Waals surface area contributed by atoms with E-state index in [1.54, 1.807) is 6.92 Å². The molecule has 0 bridgehead atoms. The van der Waals surface area contributed by atoms with E-state index in [9.17, 15) is 8.42 Å². The predicted molar refractivity (Wildman–Crippen MR) is 47.9 cm³/mol. The monoisotopic (exact) mass is 209 g/mol. The van der Waals surface area contributed by atoms with Gasteiger partial charge in [0.2, 0.25) is 10.0 Å². The second kappa shape index (κ2) is 4.36. The van der Waals surface area contributed by atoms with Crippen LogP contribution < -0.4 is 0 Å². The van der Waals surface area contributed by atoms with Crippen LogP contribution in [0.3, 0.4) is 0 Å². The highest BCUT2D eigenvalue weighted by atomic mass is 32.2. The van der Waals surface area contributed by atoms with E-state index < -0.39 is 10.0 Å². The Balaban J connectivity index is 2.68. The van der Waals surface area contributed by atoms with Gasteiger partial charge in [-0.2, -0.15) is 4.31 Å². The van der Waals surface area contributed by atoms with Gasteiger partial charge in [0.15, 0.2) is 0 Å². The van der Waals surface area contributed by atoms with E-state index >= 15 is 0 Å². The molecule has 0 saturated carbocycles. The van der Waals surface area contributed by atoms with Crippen molar-refractivity contribution in [1.29, 1.82) is 0 Å². The lowest BCUT2D eigenvalue weighted by atomic mass is 10.3. The van der Waals surface area contributed by atoms with Gasteiger partial charge >= 0.3 is 0 Å². The lowest BCUT2D eigenvalue weighted by molar-refractivity contribution is 0.0391. The summed E-state index contributed by atoms with van der Waals surface area (Å²) in [5, 5.41) is 8.58. The number of ether oxygens (including phenoxy) is 1. The molecule has 0 aromatic rings. The van der Waals surface area contributed by atoms with Crippen molar-refractivity contribution in [2.45, 2.75) is 13.0 Å². The van der Waals surface area contributed by atoms with Crippen LogP contribution in [-0.2, 0) is 14.8 Å². The maximum Gasteiger partial charge on any atom is 0.216 e. The molecule has 1 aliphatic heterocycles. The Morgan fingerprint density at radius 3 is 2.85 bits per heavy atom. The molecule has 1 heterocycles. The van der Waals surface area contributed by atoms with E-state index in [-0.39, 0.29) is 18.4 Å². The molecule has 78 valence electrons. The SMILES string of the molecule is CC1COCCN1S(=O)(=O)CCO. The molecule has 13 heavy (non-hydrogen) atoms. The first-order valence-corrected chi connectivity index (χ1v) is 5.87. The Kier molecular flexibility index (Phi) is 3.66. The zero-order valence-electron chi connectivity index (χ0n) is 7.64. The molecule has 0 radical (unpaired) electrons. The van der Waals surface area contributed by atoms with Crippen LogP contribution in [0, 0.1) is 0 Å². The van der Waals surface area contributed by atoms with Gasteiger partial charge in [-0.3, -0.25) is 0 Å². The predicted octanol–water partition coefficient (Wildman–Crippen LogP) is -0.971. The molecule has 5 nitrogen and oxygen atoms in total. The van der Waals surface area contributed by atoms with E-state index in [1.165, 1.54) is 4.31 Å². The standard InChI is InChI=1S/C7H15NO4S/c1-7-6-12-4-2-8(7)13(10,11)5-3-9/h7,9H,2-6H2,1H3. The van der Waals surface area contributed by atoms with Crippen LogP contribution in [0.5, 0.6) is 0 Å². The Morgan fingerprint density at radius 2 is 2.31 bits per heavy atom. The van der Waals surface area contributed by atoms with Crippen LogP contribution >= 0.6 is 0 Å². The van der Waals surface area contributed by atoms with E-state index in [1.807, 2.05) is 0 Å². The van der Waals surface area contributed by atoms with Crippen molar-refractivity contribution in [2.24, 2.45) is 0 Å². The molecule has 0 spiro atoms. The summed E-state index contributed by atoms with van der Waals surface area (Å²) in [5.74, 6) is -0.197. The first kappa shape index (κ1) is 10.9. The topological polar surface area (TPSA) is 66.8 Å². The fourth-order valence-corrected chi connectivity index (χ4v) is 2.78. The molecule has 0 amide bonds. The maximum atomic E-state index is 11.5. The van der Waals surface area contributed by atoms with Gasteiger partial charge in [-0.15, -0.1) is 0 Å². The van der Waals surface area contributed by atoms with Gasteiger partial charge in [0.25, 0.3) is 0 Å². The van der Waals surface area contributed by atoms with Crippen molar-refractivity contribution in [3.63, 3.8) is 0 Å². The first-order valence-electron chi connectivity index (χ1n) is 4.26. The highest BCUT2D eigenvalue weighted by molar-refractivity contribution is 7.89. The highest BCUT2D eigenvalue weighted by Crippen LogP contribution is 2.11. The van der Waals surface area contributed by atoms with Crippen LogP contribution in [0.2, 0.25) is 0 Å². The summed E-state index contributed by atoms with van der Waals surface area (Å²) < 4.78 is 29.5. The number of morpholine rings is 1. The van der Waals surface area contributed by atoms with Crippen molar-refractivity contribution in [2.75, 3.05) is 32.1 Å². The summed E-state index contributed by atoms with van der Waals surface area (Å²) in [6.07, 6.45) is 0. The number of rotatable bonds is 3. The van der Waals surface area contributed by atoms with Crippen molar-refractivity contribution < 1.29 is 18.3 Å². The quantitative estimate of drug-likeness (QED) is 0.649. The van der Waals surface area contributed by atoms with Crippen molar-refractivity contribution >= 4 is 10.0 Å². The molecule has 6 heteroatoms. The average Bonchev–Trinajstić information content (AvgIpc) is 2.04. The summed E-state index contributed by atoms with van der Waals surface area (Å²) in [4.78, 5) is 0. The van der Waals surface area contributed by atoms with Gasteiger partial charge in [0.05, 0.1) is 25.6 Å². The van der Waals surface area contributed by atoms with Gasteiger partial charge in [-0.25, -0.2) is 8.42 Å². The third-order valence-corrected chi connectivity index (χ3v) is 3.97. The Morgan fingerprint density at radius 1 is 1.62 bits per heavy atom. The molecule has 0 aromatic carbocycles. The number of nitrogens with zero attached hydrogens (tertiary/aromatic N) is 1. The molecule has 1 saturated heterocycles. The third kappa shape index (κ3) is 2.63. The molecule has 1 aliphatic rings. The Hall–Kier alpha value is -0.170. The molecule has 1 N–H and O–H groups in total. The van der Waals surface area contributed by atoms with Crippen LogP contribution in [0.25, 0.3) is 0 Å². The van der Waals surface area contributed by atoms with Gasteiger partial charge in [0.1, 0.15) is 0 Å². The second-order valence-electron chi connectivity index (χ2n) is 3.07. The van der Waals surface area contributed by atoms with Crippen molar-refractivity contribution in [1.82, 2.24) is 4.31 Å². The molecule has 1 fully saturated rings. The van der Waals surface area contributed by atoms with Gasteiger partial charge < -0.3 is 9.84 Å². The molecule has 1 atom stereocenters. The Bertz CT molecular complexity index is 251. The number of hydrogen-bond acceptors (Lipinski definition) is 4. The third-order valence-electron chi connectivity index (χ3n) is 2.01. The smallest absolute Gasteiger partial charge is 0.216 e. The van der Waals surface area contributed by atoms with Gasteiger partial charge in [0, 0.05) is 12.6 Å². The normalized spacial score (nSPS) is 26.2. The van der Waals surface area contributed by atoms with Crippen molar-refractivity contribution in [3.8, 4) is 0 Å². The number of aliphatic hydroxyl groups excluding tert-OH is 1. The minimum atomic E-state index is -3.28. The average molecular weight is 209 g/mol. The number of aliphatic hydroxyl groups is 1. The summed E-state index contributed by atoms with van der Waals surface area (Å²) >= 11 is 0. The lowest BCUT2D eigenvalue weighted by Crippen LogP contribution is -2.48. The van der Waals surface area contributed by atoms with Crippen LogP contribution in [0.15, 0.2) is 0 Å². The highest BCUT2D eigenvalue weighted by Gasteiger charge is 2.29. The molecule has 1 unspecified atom stereocenters. The van der Waals surface area contributed by atoms with Crippen LogP contribution in [0.4, 0.5) is 0 Å². The first-order chi connectivity index (χ1) is 6.08. The van der Waals surface area contributed by atoms with E-state index in [0.717, 1.165) is 0 Å². The van der Waals surface area contributed by atoms with E-state index in [2.05, 4.69) is 0 Å². The molecule has 1 rings (SSSR count). The molecule has 0 aromatic heterocycles. The summed E-state index contributed by atoms with van der Waals surface area (Å²) in [6.45, 7) is 2.74. The Labute approximate surface area is 78.4 Å². The van der Waals surface area contributed by atoms with Crippen LogP contribution in [0.1, 0.15) is 6.92 Å². The molecule has 0 aliphatic carbocycles. The van der Waals surface area contributed by atoms with Gasteiger partial charge in [-0.05, 0) is 6.92 Å². The second-order valence-corrected chi connectivity index (χ2v) is 5.12.